The van der Waals surface area contributed by atoms with Crippen LogP contribution in [0.3, 0.4) is 0 Å². The lowest BCUT2D eigenvalue weighted by Crippen LogP contribution is -2.58. The van der Waals surface area contributed by atoms with Crippen LogP contribution in [0.2, 0.25) is 0 Å². The Morgan fingerprint density at radius 2 is 1.64 bits per heavy atom. The van der Waals surface area contributed by atoms with Gasteiger partial charge in [0.2, 0.25) is 0 Å². The predicted octanol–water partition coefficient (Wildman–Crippen LogP) is 3.68. The van der Waals surface area contributed by atoms with Gasteiger partial charge in [-0.05, 0) is 80.7 Å². The van der Waals surface area contributed by atoms with Gasteiger partial charge in [0.05, 0.1) is 12.5 Å². The number of nitrogens with one attached hydrogen (secondary N) is 1. The molecule has 3 heteroatoms. The van der Waals surface area contributed by atoms with E-state index in [1.54, 1.807) is 0 Å². The average molecular weight is 339 g/mol. The van der Waals surface area contributed by atoms with E-state index < -0.39 is 5.41 Å². The molecule has 0 saturated heterocycles. The van der Waals surface area contributed by atoms with Crippen molar-refractivity contribution in [3.05, 3.63) is 35.9 Å². The fourth-order valence-corrected chi connectivity index (χ4v) is 6.88. The molecule has 134 valence electrons. The summed E-state index contributed by atoms with van der Waals surface area (Å²) in [5.74, 6) is 3.18. The molecule has 2 atom stereocenters. The molecule has 25 heavy (non-hydrogen) atoms. The first kappa shape index (κ1) is 15.9. The molecule has 1 aromatic rings. The molecule has 5 aliphatic carbocycles. The highest BCUT2D eigenvalue weighted by molar-refractivity contribution is 5.87. The third-order valence-electron chi connectivity index (χ3n) is 7.71. The molecule has 0 unspecified atom stereocenters. The number of ether oxygens (including phenoxy) is 1. The van der Waals surface area contributed by atoms with Crippen molar-refractivity contribution in [3.63, 3.8) is 0 Å². The van der Waals surface area contributed by atoms with E-state index in [-0.39, 0.29) is 5.97 Å². The van der Waals surface area contributed by atoms with Gasteiger partial charge in [-0.1, -0.05) is 30.3 Å². The zero-order chi connectivity index (χ0) is 17.1. The lowest BCUT2D eigenvalue weighted by molar-refractivity contribution is -0.144. The maximum Gasteiger partial charge on any atom is 0.316 e. The first-order valence-corrected chi connectivity index (χ1v) is 10.0. The smallest absolute Gasteiger partial charge is 0.316 e. The summed E-state index contributed by atoms with van der Waals surface area (Å²) in [5, 5.41) is 3.98. The Kier molecular flexibility index (Phi) is 3.54. The van der Waals surface area contributed by atoms with Crippen LogP contribution in [-0.4, -0.2) is 25.2 Å². The molecule has 0 aliphatic heterocycles. The number of carbonyl (C=O) groups excluding carboxylic acids is 1. The zero-order valence-corrected chi connectivity index (χ0v) is 15.2. The van der Waals surface area contributed by atoms with Crippen LogP contribution < -0.4 is 5.32 Å². The van der Waals surface area contributed by atoms with Gasteiger partial charge in [-0.15, -0.1) is 0 Å². The number of rotatable bonds is 5. The molecule has 0 amide bonds. The van der Waals surface area contributed by atoms with Crippen LogP contribution in [0.25, 0.3) is 0 Å². The van der Waals surface area contributed by atoms with E-state index in [9.17, 15) is 4.79 Å². The van der Waals surface area contributed by atoms with Crippen molar-refractivity contribution >= 4 is 5.97 Å². The van der Waals surface area contributed by atoms with Crippen molar-refractivity contribution in [1.29, 1.82) is 0 Å². The van der Waals surface area contributed by atoms with E-state index in [0.29, 0.717) is 11.5 Å². The normalized spacial score (nSPS) is 43.9. The summed E-state index contributed by atoms with van der Waals surface area (Å²) in [5.41, 5.74) is 1.08. The molecule has 5 fully saturated rings. The van der Waals surface area contributed by atoms with E-state index >= 15 is 0 Å². The number of benzene rings is 1. The molecule has 1 N–H and O–H groups in total. The number of carbonyl (C=O) groups is 1. The molecule has 0 radical (unpaired) electrons. The van der Waals surface area contributed by atoms with Crippen molar-refractivity contribution in [1.82, 2.24) is 5.32 Å². The topological polar surface area (TPSA) is 38.3 Å². The second-order valence-electron chi connectivity index (χ2n) is 9.31. The summed E-state index contributed by atoms with van der Waals surface area (Å²) in [6.07, 6.45) is 9.43. The Labute approximate surface area is 150 Å². The third kappa shape index (κ3) is 2.46. The first-order valence-electron chi connectivity index (χ1n) is 10.0. The fourth-order valence-electron chi connectivity index (χ4n) is 6.88. The fraction of sp³-hybridized carbons (Fsp3) is 0.682. The summed E-state index contributed by atoms with van der Waals surface area (Å²) in [6.45, 7) is 0.955. The third-order valence-corrected chi connectivity index (χ3v) is 7.71. The molecular formula is C22H29NO2. The highest BCUT2D eigenvalue weighted by Gasteiger charge is 2.62. The summed E-state index contributed by atoms with van der Waals surface area (Å²) in [4.78, 5) is 12.6. The van der Waals surface area contributed by atoms with E-state index in [2.05, 4.69) is 17.4 Å². The maximum absolute atomic E-state index is 12.6. The maximum atomic E-state index is 12.6. The zero-order valence-electron chi connectivity index (χ0n) is 15.2. The minimum atomic E-state index is -0.411. The lowest BCUT2D eigenvalue weighted by Gasteiger charge is -2.57. The van der Waals surface area contributed by atoms with Gasteiger partial charge in [0.15, 0.2) is 0 Å². The van der Waals surface area contributed by atoms with Gasteiger partial charge in [0.1, 0.15) is 0 Å². The number of hydrogen-bond donors (Lipinski definition) is 1. The molecule has 3 nitrogen and oxygen atoms in total. The van der Waals surface area contributed by atoms with Gasteiger partial charge >= 0.3 is 5.97 Å². The number of methoxy groups -OCH3 is 1. The molecule has 5 saturated carbocycles. The summed E-state index contributed by atoms with van der Waals surface area (Å²) < 4.78 is 5.19. The highest BCUT2D eigenvalue weighted by Crippen LogP contribution is 2.58. The van der Waals surface area contributed by atoms with Crippen molar-refractivity contribution in [2.75, 3.05) is 13.7 Å². The Hall–Kier alpha value is -1.35. The Bertz CT molecular complexity index is 635. The van der Waals surface area contributed by atoms with Crippen LogP contribution in [0.5, 0.6) is 0 Å². The van der Waals surface area contributed by atoms with Crippen LogP contribution >= 0.6 is 0 Å². The largest absolute Gasteiger partial charge is 0.468 e. The Morgan fingerprint density at radius 1 is 1.04 bits per heavy atom. The summed E-state index contributed by atoms with van der Waals surface area (Å²) in [6, 6.07) is 10.2. The highest BCUT2D eigenvalue weighted by atomic mass is 16.5. The van der Waals surface area contributed by atoms with Gasteiger partial charge < -0.3 is 10.1 Å². The monoisotopic (exact) mass is 339 g/mol. The van der Waals surface area contributed by atoms with Crippen LogP contribution in [0, 0.1) is 23.7 Å². The van der Waals surface area contributed by atoms with Crippen molar-refractivity contribution in [2.24, 2.45) is 23.7 Å². The number of esters is 1. The van der Waals surface area contributed by atoms with Crippen molar-refractivity contribution in [2.45, 2.75) is 55.9 Å². The second-order valence-corrected chi connectivity index (χ2v) is 9.31. The molecule has 0 spiro atoms. The van der Waals surface area contributed by atoms with Gasteiger partial charge in [-0.2, -0.15) is 0 Å². The predicted molar refractivity (Wildman–Crippen MR) is 97.1 cm³/mol. The van der Waals surface area contributed by atoms with Crippen LogP contribution in [0.15, 0.2) is 30.3 Å². The summed E-state index contributed by atoms with van der Waals surface area (Å²) >= 11 is 0. The van der Waals surface area contributed by atoms with E-state index in [4.69, 9.17) is 4.74 Å². The van der Waals surface area contributed by atoms with E-state index in [0.717, 1.165) is 36.3 Å². The lowest BCUT2D eigenvalue weighted by atomic mass is 9.53. The minimum Gasteiger partial charge on any atom is -0.468 e. The van der Waals surface area contributed by atoms with Crippen LogP contribution in [0.4, 0.5) is 0 Å². The SMILES string of the molecule is COC(=O)[C@@]1(c2ccccc2)C[C@H]1CNC12CC3CC(CC(C3)C1)C2. The standard InChI is InChI=1S/C22H29NO2/c1-25-20(24)22(18-5-3-2-4-6-18)13-19(22)14-23-21-10-15-7-16(11-21)9-17(8-15)12-21/h2-6,15-17,19,23H,7-14H2,1H3/t15?,16?,17?,19-,21?,22+/m0/s1. The second kappa shape index (κ2) is 5.57. The van der Waals surface area contributed by atoms with Gasteiger partial charge in [-0.25, -0.2) is 0 Å². The minimum absolute atomic E-state index is 0.0592. The van der Waals surface area contributed by atoms with Crippen molar-refractivity contribution < 1.29 is 9.53 Å². The molecular weight excluding hydrogens is 310 g/mol. The summed E-state index contributed by atoms with van der Waals surface area (Å²) in [7, 11) is 1.52. The Morgan fingerprint density at radius 3 is 2.20 bits per heavy atom. The first-order chi connectivity index (χ1) is 12.1. The molecule has 1 aromatic carbocycles. The molecule has 0 heterocycles. The molecule has 5 aliphatic rings. The molecule has 0 aromatic heterocycles. The molecule has 6 rings (SSSR count). The number of hydrogen-bond acceptors (Lipinski definition) is 3. The molecule has 4 bridgehead atoms. The van der Waals surface area contributed by atoms with E-state index in [1.807, 2.05) is 18.2 Å². The van der Waals surface area contributed by atoms with Gasteiger partial charge in [0.25, 0.3) is 0 Å². The quantitative estimate of drug-likeness (QED) is 0.832. The average Bonchev–Trinajstić information content (AvgIpc) is 3.35. The van der Waals surface area contributed by atoms with Gasteiger partial charge in [-0.3, -0.25) is 4.79 Å². The van der Waals surface area contributed by atoms with Crippen LogP contribution in [0.1, 0.15) is 50.5 Å². The van der Waals surface area contributed by atoms with Crippen LogP contribution in [-0.2, 0) is 14.9 Å². The van der Waals surface area contributed by atoms with Gasteiger partial charge in [0, 0.05) is 5.54 Å². The van der Waals surface area contributed by atoms with E-state index in [1.165, 1.54) is 45.6 Å². The Balaban J connectivity index is 1.31. The van der Waals surface area contributed by atoms with Crippen molar-refractivity contribution in [3.8, 4) is 0 Å².